The van der Waals surface area contributed by atoms with Crippen LogP contribution < -0.4 is 4.72 Å². The Morgan fingerprint density at radius 2 is 1.59 bits per heavy atom. The second-order valence-corrected chi connectivity index (χ2v) is 7.65. The summed E-state index contributed by atoms with van der Waals surface area (Å²) in [4.78, 5) is 23.4. The van der Waals surface area contributed by atoms with Crippen molar-refractivity contribution in [3.05, 3.63) is 57.6 Å². The first-order chi connectivity index (χ1) is 12.7. The van der Waals surface area contributed by atoms with Gasteiger partial charge in [0.1, 0.15) is 0 Å². The minimum absolute atomic E-state index is 0.0186. The number of ether oxygens (including phenoxy) is 2. The summed E-state index contributed by atoms with van der Waals surface area (Å²) < 4.78 is 37.0. The van der Waals surface area contributed by atoms with Gasteiger partial charge in [0.25, 0.3) is 10.0 Å². The zero-order valence-corrected chi connectivity index (χ0v) is 16.6. The lowest BCUT2D eigenvalue weighted by atomic mass is 10.2. The van der Waals surface area contributed by atoms with Crippen LogP contribution in [0.5, 0.6) is 0 Å². The molecule has 144 valence electrons. The topological polar surface area (TPSA) is 98.8 Å². The number of halogens is 2. The first-order valence-corrected chi connectivity index (χ1v) is 9.81. The molecular weight excluding hydrogens is 417 g/mol. The number of sulfonamides is 1. The van der Waals surface area contributed by atoms with Gasteiger partial charge in [-0.3, -0.25) is 4.72 Å². The third kappa shape index (κ3) is 4.91. The summed E-state index contributed by atoms with van der Waals surface area (Å²) in [5.74, 6) is -1.45. The number of carbonyl (C=O) groups is 2. The van der Waals surface area contributed by atoms with Crippen molar-refractivity contribution in [2.45, 2.75) is 11.8 Å². The number of benzene rings is 2. The van der Waals surface area contributed by atoms with Crippen molar-refractivity contribution >= 4 is 50.9 Å². The molecule has 7 nitrogen and oxygen atoms in total. The van der Waals surface area contributed by atoms with Crippen LogP contribution in [0.1, 0.15) is 27.6 Å². The van der Waals surface area contributed by atoms with Crippen LogP contribution in [0.2, 0.25) is 10.0 Å². The van der Waals surface area contributed by atoms with E-state index in [1.54, 1.807) is 6.92 Å². The molecule has 0 radical (unpaired) electrons. The molecule has 2 aromatic rings. The van der Waals surface area contributed by atoms with Crippen LogP contribution in [0.15, 0.2) is 41.3 Å². The maximum atomic E-state index is 12.6. The molecule has 0 spiro atoms. The first-order valence-electron chi connectivity index (χ1n) is 7.57. The number of methoxy groups -OCH3 is 1. The largest absolute Gasteiger partial charge is 0.465 e. The molecule has 0 aromatic heterocycles. The molecule has 0 aliphatic heterocycles. The predicted molar refractivity (Wildman–Crippen MR) is 101 cm³/mol. The summed E-state index contributed by atoms with van der Waals surface area (Å²) in [5.41, 5.74) is 0.0208. The van der Waals surface area contributed by atoms with Crippen molar-refractivity contribution in [2.75, 3.05) is 18.4 Å². The van der Waals surface area contributed by atoms with Crippen molar-refractivity contribution in [2.24, 2.45) is 0 Å². The quantitative estimate of drug-likeness (QED) is 0.698. The Morgan fingerprint density at radius 3 is 2.19 bits per heavy atom. The molecule has 0 heterocycles. The number of hydrogen-bond acceptors (Lipinski definition) is 6. The van der Waals surface area contributed by atoms with Crippen LogP contribution in [-0.4, -0.2) is 34.1 Å². The zero-order valence-electron chi connectivity index (χ0n) is 14.3. The highest BCUT2D eigenvalue weighted by Crippen LogP contribution is 2.26. The molecule has 27 heavy (non-hydrogen) atoms. The van der Waals surface area contributed by atoms with Crippen molar-refractivity contribution in [3.63, 3.8) is 0 Å². The van der Waals surface area contributed by atoms with E-state index in [4.69, 9.17) is 27.9 Å². The maximum absolute atomic E-state index is 12.6. The normalized spacial score (nSPS) is 11.0. The molecule has 10 heteroatoms. The van der Waals surface area contributed by atoms with Gasteiger partial charge in [0, 0.05) is 5.69 Å². The van der Waals surface area contributed by atoms with E-state index < -0.39 is 22.0 Å². The van der Waals surface area contributed by atoms with Crippen LogP contribution in [0, 0.1) is 0 Å². The molecule has 0 bridgehead atoms. The molecule has 0 fully saturated rings. The van der Waals surface area contributed by atoms with Gasteiger partial charge in [0.15, 0.2) is 0 Å². The Kier molecular flexibility index (Phi) is 6.69. The highest BCUT2D eigenvalue weighted by atomic mass is 35.5. The van der Waals surface area contributed by atoms with E-state index in [9.17, 15) is 18.0 Å². The number of carbonyl (C=O) groups excluding carboxylic acids is 2. The van der Waals surface area contributed by atoms with Gasteiger partial charge in [0.2, 0.25) is 0 Å². The van der Waals surface area contributed by atoms with E-state index in [0.29, 0.717) is 0 Å². The van der Waals surface area contributed by atoms with Gasteiger partial charge in [0.05, 0.1) is 39.8 Å². The van der Waals surface area contributed by atoms with Crippen LogP contribution in [0.4, 0.5) is 5.69 Å². The number of nitrogens with one attached hydrogen (secondary N) is 1. The van der Waals surface area contributed by atoms with Crippen molar-refractivity contribution in [1.82, 2.24) is 0 Å². The molecule has 2 aromatic carbocycles. The summed E-state index contributed by atoms with van der Waals surface area (Å²) in [6, 6.07) is 7.62. The second kappa shape index (κ2) is 8.60. The van der Waals surface area contributed by atoms with Gasteiger partial charge >= 0.3 is 11.9 Å². The summed E-state index contributed by atoms with van der Waals surface area (Å²) in [7, 11) is -2.92. The van der Waals surface area contributed by atoms with E-state index in [2.05, 4.69) is 9.46 Å². The molecule has 0 unspecified atom stereocenters. The molecule has 0 atom stereocenters. The Hall–Kier alpha value is -2.29. The van der Waals surface area contributed by atoms with Gasteiger partial charge in [-0.2, -0.15) is 0 Å². The number of anilines is 1. The van der Waals surface area contributed by atoms with E-state index in [0.717, 1.165) is 13.2 Å². The SMILES string of the molecule is CCOC(=O)c1cc(NS(=O)(=O)c2ccc(Cl)c(C(=O)OC)c2)ccc1Cl. The molecule has 1 N–H and O–H groups in total. The lowest BCUT2D eigenvalue weighted by molar-refractivity contribution is 0.0525. The summed E-state index contributed by atoms with van der Waals surface area (Å²) in [5, 5.41) is 0.174. The van der Waals surface area contributed by atoms with Crippen LogP contribution in [-0.2, 0) is 19.5 Å². The van der Waals surface area contributed by atoms with Crippen molar-refractivity contribution < 1.29 is 27.5 Å². The fourth-order valence-corrected chi connectivity index (χ4v) is 3.57. The monoisotopic (exact) mass is 431 g/mol. The Bertz CT molecular complexity index is 991. The van der Waals surface area contributed by atoms with Gasteiger partial charge in [-0.25, -0.2) is 18.0 Å². The predicted octanol–water partition coefficient (Wildman–Crippen LogP) is 3.76. The minimum Gasteiger partial charge on any atom is -0.465 e. The lowest BCUT2D eigenvalue weighted by Gasteiger charge is -2.11. The van der Waals surface area contributed by atoms with Crippen LogP contribution in [0.3, 0.4) is 0 Å². The highest BCUT2D eigenvalue weighted by Gasteiger charge is 2.20. The Labute approximate surface area is 166 Å². The van der Waals surface area contributed by atoms with Crippen molar-refractivity contribution in [3.8, 4) is 0 Å². The smallest absolute Gasteiger partial charge is 0.339 e. The van der Waals surface area contributed by atoms with Crippen LogP contribution >= 0.6 is 23.2 Å². The first kappa shape index (κ1) is 21.0. The van der Waals surface area contributed by atoms with Gasteiger partial charge in [-0.15, -0.1) is 0 Å². The average molecular weight is 432 g/mol. The van der Waals surface area contributed by atoms with E-state index >= 15 is 0 Å². The summed E-state index contributed by atoms with van der Waals surface area (Å²) in [6.07, 6.45) is 0. The molecule has 0 saturated carbocycles. The maximum Gasteiger partial charge on any atom is 0.339 e. The van der Waals surface area contributed by atoms with E-state index in [1.807, 2.05) is 0 Å². The molecule has 0 amide bonds. The Balaban J connectivity index is 2.38. The van der Waals surface area contributed by atoms with E-state index in [-0.39, 0.29) is 38.4 Å². The zero-order chi connectivity index (χ0) is 20.2. The minimum atomic E-state index is -4.07. The van der Waals surface area contributed by atoms with Crippen molar-refractivity contribution in [1.29, 1.82) is 0 Å². The third-order valence-electron chi connectivity index (χ3n) is 3.37. The standard InChI is InChI=1S/C17H15Cl2NO6S/c1-3-26-17(22)12-8-10(4-6-14(12)18)20-27(23,24)11-5-7-15(19)13(9-11)16(21)25-2/h4-9,20H,3H2,1-2H3. The molecule has 2 rings (SSSR count). The Morgan fingerprint density at radius 1 is 1.00 bits per heavy atom. The molecular formula is C17H15Cl2NO6S. The van der Waals surface area contributed by atoms with Crippen LogP contribution in [0.25, 0.3) is 0 Å². The number of rotatable bonds is 6. The number of hydrogen-bond donors (Lipinski definition) is 1. The molecule has 0 aliphatic carbocycles. The van der Waals surface area contributed by atoms with Gasteiger partial charge < -0.3 is 9.47 Å². The fourth-order valence-electron chi connectivity index (χ4n) is 2.11. The fraction of sp³-hybridized carbons (Fsp3) is 0.176. The number of esters is 2. The summed E-state index contributed by atoms with van der Waals surface area (Å²) in [6.45, 7) is 1.78. The van der Waals surface area contributed by atoms with E-state index in [1.165, 1.54) is 30.3 Å². The van der Waals surface area contributed by atoms with Gasteiger partial charge in [-0.05, 0) is 43.3 Å². The van der Waals surface area contributed by atoms with Gasteiger partial charge in [-0.1, -0.05) is 23.2 Å². The molecule has 0 aliphatic rings. The summed E-state index contributed by atoms with van der Waals surface area (Å²) >= 11 is 11.9. The highest BCUT2D eigenvalue weighted by molar-refractivity contribution is 7.92. The lowest BCUT2D eigenvalue weighted by Crippen LogP contribution is -2.15. The average Bonchev–Trinajstić information content (AvgIpc) is 2.62. The third-order valence-corrected chi connectivity index (χ3v) is 5.41. The molecule has 0 saturated heterocycles. The second-order valence-electron chi connectivity index (χ2n) is 5.15.